The summed E-state index contributed by atoms with van der Waals surface area (Å²) in [5.41, 5.74) is -0.961. The summed E-state index contributed by atoms with van der Waals surface area (Å²) in [4.78, 5) is 0. The minimum atomic E-state index is -3.61. The maximum atomic E-state index is 12.3. The van der Waals surface area contributed by atoms with Crippen LogP contribution in [0.25, 0.3) is 0 Å². The van der Waals surface area contributed by atoms with Gasteiger partial charge in [-0.25, -0.2) is 13.1 Å². The number of hydrogen-bond donors (Lipinski definition) is 1. The van der Waals surface area contributed by atoms with Crippen LogP contribution in [0.1, 0.15) is 19.8 Å². The number of aromatic nitrogens is 3. The average molecular weight is 260 g/mol. The molecule has 0 aromatic carbocycles. The highest BCUT2D eigenvalue weighted by Gasteiger charge is 2.36. The molecule has 1 aliphatic rings. The Bertz CT molecular complexity index is 508. The van der Waals surface area contributed by atoms with Crippen LogP contribution < -0.4 is 0 Å². The van der Waals surface area contributed by atoms with Crippen molar-refractivity contribution in [2.45, 2.75) is 30.4 Å². The maximum absolute atomic E-state index is 12.3. The van der Waals surface area contributed by atoms with E-state index in [1.54, 1.807) is 6.92 Å². The summed E-state index contributed by atoms with van der Waals surface area (Å²) in [6.07, 6.45) is 2.48. The first kappa shape index (κ1) is 12.5. The van der Waals surface area contributed by atoms with Crippen molar-refractivity contribution >= 4 is 10.0 Å². The van der Waals surface area contributed by atoms with Gasteiger partial charge in [0.25, 0.3) is 10.0 Å². The van der Waals surface area contributed by atoms with Gasteiger partial charge in [0.2, 0.25) is 0 Å². The van der Waals surface area contributed by atoms with Crippen LogP contribution in [0.5, 0.6) is 0 Å². The van der Waals surface area contributed by atoms with E-state index in [2.05, 4.69) is 10.3 Å². The molecule has 0 aliphatic carbocycles. The first-order valence-corrected chi connectivity index (χ1v) is 6.84. The van der Waals surface area contributed by atoms with Crippen molar-refractivity contribution in [1.82, 2.24) is 19.3 Å². The normalized spacial score (nSPS) is 27.2. The fraction of sp³-hybridized carbons (Fsp3) is 0.778. The molecule has 7 nitrogen and oxygen atoms in total. The minimum Gasteiger partial charge on any atom is -0.389 e. The highest BCUT2D eigenvalue weighted by Crippen LogP contribution is 2.25. The van der Waals surface area contributed by atoms with E-state index in [0.717, 1.165) is 0 Å². The molecule has 1 aliphatic heterocycles. The van der Waals surface area contributed by atoms with Gasteiger partial charge in [-0.15, -0.1) is 5.10 Å². The summed E-state index contributed by atoms with van der Waals surface area (Å²) >= 11 is 0. The van der Waals surface area contributed by atoms with Gasteiger partial charge in [0, 0.05) is 20.1 Å². The Balaban J connectivity index is 2.31. The number of piperidine rings is 1. The number of hydrogen-bond acceptors (Lipinski definition) is 5. The standard InChI is InChI=1S/C9H16N4O3S/c1-9(14)4-3-5-13(7-9)17(15,16)8-6-10-11-12(8)2/h6,14H,3-5,7H2,1-2H3. The molecular weight excluding hydrogens is 244 g/mol. The second-order valence-corrected chi connectivity index (χ2v) is 6.52. The van der Waals surface area contributed by atoms with Crippen LogP contribution in [-0.2, 0) is 17.1 Å². The number of aryl methyl sites for hydroxylation is 1. The lowest BCUT2D eigenvalue weighted by atomic mass is 9.97. The summed E-state index contributed by atoms with van der Waals surface area (Å²) in [7, 11) is -2.08. The topological polar surface area (TPSA) is 88.3 Å². The average Bonchev–Trinajstić information content (AvgIpc) is 2.63. The van der Waals surface area contributed by atoms with E-state index in [0.29, 0.717) is 19.4 Å². The lowest BCUT2D eigenvalue weighted by Gasteiger charge is -2.35. The van der Waals surface area contributed by atoms with Gasteiger partial charge in [-0.05, 0) is 19.8 Å². The van der Waals surface area contributed by atoms with E-state index < -0.39 is 15.6 Å². The Morgan fingerprint density at radius 2 is 2.24 bits per heavy atom. The minimum absolute atomic E-state index is 0.0511. The fourth-order valence-corrected chi connectivity index (χ4v) is 3.66. The molecule has 2 heterocycles. The molecule has 0 saturated carbocycles. The lowest BCUT2D eigenvalue weighted by Crippen LogP contribution is -2.48. The predicted molar refractivity (Wildman–Crippen MR) is 59.6 cm³/mol. The van der Waals surface area contributed by atoms with Crippen molar-refractivity contribution in [3.05, 3.63) is 6.20 Å². The lowest BCUT2D eigenvalue weighted by molar-refractivity contribution is 0.00928. The number of β-amino-alcohol motifs (C(OH)–C–C–N with tert-alkyl or cyclic N) is 1. The highest BCUT2D eigenvalue weighted by molar-refractivity contribution is 7.89. The summed E-state index contributed by atoms with van der Waals surface area (Å²) in [6, 6.07) is 0. The van der Waals surface area contributed by atoms with Crippen LogP contribution in [0.2, 0.25) is 0 Å². The zero-order valence-corrected chi connectivity index (χ0v) is 10.7. The van der Waals surface area contributed by atoms with Crippen LogP contribution >= 0.6 is 0 Å². The molecule has 0 bridgehead atoms. The molecule has 1 atom stereocenters. The molecule has 0 spiro atoms. The second kappa shape index (κ2) is 4.04. The van der Waals surface area contributed by atoms with E-state index in [4.69, 9.17) is 0 Å². The Morgan fingerprint density at radius 1 is 1.53 bits per heavy atom. The summed E-state index contributed by atoms with van der Waals surface area (Å²) in [5.74, 6) is 0. The number of rotatable bonds is 2. The smallest absolute Gasteiger partial charge is 0.261 e. The quantitative estimate of drug-likeness (QED) is 0.763. The highest BCUT2D eigenvalue weighted by atomic mass is 32.2. The molecule has 96 valence electrons. The Hall–Kier alpha value is -0.990. The number of sulfonamides is 1. The van der Waals surface area contributed by atoms with Crippen molar-refractivity contribution in [3.63, 3.8) is 0 Å². The van der Waals surface area contributed by atoms with E-state index in [1.165, 1.54) is 22.2 Å². The SMILES string of the molecule is Cn1nncc1S(=O)(=O)N1CCCC(C)(O)C1. The summed E-state index contributed by atoms with van der Waals surface area (Å²) in [5, 5.41) is 17.2. The summed E-state index contributed by atoms with van der Waals surface area (Å²) in [6.45, 7) is 2.18. The van der Waals surface area contributed by atoms with E-state index in [1.807, 2.05) is 0 Å². The van der Waals surface area contributed by atoms with Gasteiger partial charge >= 0.3 is 0 Å². The van der Waals surface area contributed by atoms with Crippen LogP contribution in [0, 0.1) is 0 Å². The van der Waals surface area contributed by atoms with Gasteiger partial charge in [-0.2, -0.15) is 4.31 Å². The third-order valence-electron chi connectivity index (χ3n) is 2.92. The molecule has 1 saturated heterocycles. The monoisotopic (exact) mass is 260 g/mol. The van der Waals surface area contributed by atoms with Gasteiger partial charge in [0.15, 0.2) is 5.03 Å². The largest absolute Gasteiger partial charge is 0.389 e. The molecule has 1 fully saturated rings. The van der Waals surface area contributed by atoms with Crippen molar-refractivity contribution in [2.75, 3.05) is 13.1 Å². The molecule has 2 rings (SSSR count). The Morgan fingerprint density at radius 3 is 2.76 bits per heavy atom. The van der Waals surface area contributed by atoms with Crippen LogP contribution in [0.15, 0.2) is 11.2 Å². The second-order valence-electron chi connectivity index (χ2n) is 4.63. The molecular formula is C9H16N4O3S. The molecule has 1 N–H and O–H groups in total. The van der Waals surface area contributed by atoms with Gasteiger partial charge in [0.05, 0.1) is 11.8 Å². The van der Waals surface area contributed by atoms with Crippen LogP contribution in [-0.4, -0.2) is 51.5 Å². The van der Waals surface area contributed by atoms with Crippen molar-refractivity contribution < 1.29 is 13.5 Å². The third-order valence-corrected chi connectivity index (χ3v) is 4.81. The Labute approximate surface area is 100 Å². The van der Waals surface area contributed by atoms with Gasteiger partial charge < -0.3 is 5.11 Å². The molecule has 1 aromatic rings. The van der Waals surface area contributed by atoms with Crippen molar-refractivity contribution in [1.29, 1.82) is 0 Å². The van der Waals surface area contributed by atoms with Gasteiger partial charge in [-0.3, -0.25) is 0 Å². The zero-order chi connectivity index (χ0) is 12.7. The number of nitrogens with zero attached hydrogens (tertiary/aromatic N) is 4. The van der Waals surface area contributed by atoms with Gasteiger partial charge in [-0.1, -0.05) is 5.21 Å². The molecule has 8 heteroatoms. The summed E-state index contributed by atoms with van der Waals surface area (Å²) < 4.78 is 27.0. The van der Waals surface area contributed by atoms with Crippen LogP contribution in [0.4, 0.5) is 0 Å². The molecule has 0 amide bonds. The Kier molecular flexibility index (Phi) is 2.96. The predicted octanol–water partition coefficient (Wildman–Crippen LogP) is -0.649. The van der Waals surface area contributed by atoms with Crippen LogP contribution in [0.3, 0.4) is 0 Å². The molecule has 17 heavy (non-hydrogen) atoms. The van der Waals surface area contributed by atoms with Crippen molar-refractivity contribution in [2.24, 2.45) is 7.05 Å². The van der Waals surface area contributed by atoms with Crippen molar-refractivity contribution in [3.8, 4) is 0 Å². The van der Waals surface area contributed by atoms with E-state index >= 15 is 0 Å². The molecule has 0 radical (unpaired) electrons. The fourth-order valence-electron chi connectivity index (χ4n) is 2.03. The van der Waals surface area contributed by atoms with E-state index in [-0.39, 0.29) is 11.6 Å². The van der Waals surface area contributed by atoms with Gasteiger partial charge in [0.1, 0.15) is 0 Å². The zero-order valence-electron chi connectivity index (χ0n) is 9.87. The first-order chi connectivity index (χ1) is 7.83. The maximum Gasteiger partial charge on any atom is 0.261 e. The molecule has 1 aromatic heterocycles. The number of aliphatic hydroxyl groups is 1. The first-order valence-electron chi connectivity index (χ1n) is 5.40. The third kappa shape index (κ3) is 2.33. The van der Waals surface area contributed by atoms with E-state index in [9.17, 15) is 13.5 Å². The molecule has 1 unspecified atom stereocenters.